The molecule has 1 N–H and O–H groups in total. The molecule has 0 radical (unpaired) electrons. The van der Waals surface area contributed by atoms with Crippen molar-refractivity contribution in [2.24, 2.45) is 0 Å². The third-order valence-corrected chi connectivity index (χ3v) is 4.01. The van der Waals surface area contributed by atoms with E-state index in [1.165, 1.54) is 31.2 Å². The predicted molar refractivity (Wildman–Crippen MR) is 86.9 cm³/mol. The molecule has 5 heteroatoms. The van der Waals surface area contributed by atoms with Crippen LogP contribution in [0.4, 0.5) is 15.8 Å². The van der Waals surface area contributed by atoms with Gasteiger partial charge in [-0.2, -0.15) is 0 Å². The lowest BCUT2D eigenvalue weighted by Crippen LogP contribution is -2.28. The molecule has 0 spiro atoms. The summed E-state index contributed by atoms with van der Waals surface area (Å²) >= 11 is 0. The number of hydrogen-bond donors (Lipinski definition) is 1. The summed E-state index contributed by atoms with van der Waals surface area (Å²) in [6.45, 7) is 2.03. The van der Waals surface area contributed by atoms with Crippen molar-refractivity contribution in [3.05, 3.63) is 59.9 Å². The van der Waals surface area contributed by atoms with Crippen molar-refractivity contribution in [1.29, 1.82) is 0 Å². The van der Waals surface area contributed by atoms with Gasteiger partial charge in [-0.05, 0) is 35.9 Å². The minimum Gasteiger partial charge on any atom is -0.326 e. The van der Waals surface area contributed by atoms with Gasteiger partial charge in [0.25, 0.3) is 0 Å². The fraction of sp³-hybridized carbons (Fsp3) is 0.222. The van der Waals surface area contributed by atoms with Crippen molar-refractivity contribution in [2.45, 2.75) is 19.3 Å². The van der Waals surface area contributed by atoms with Crippen molar-refractivity contribution < 1.29 is 14.0 Å². The first-order valence-corrected chi connectivity index (χ1v) is 7.47. The van der Waals surface area contributed by atoms with Gasteiger partial charge in [0, 0.05) is 37.2 Å². The number of para-hydroxylation sites is 1. The van der Waals surface area contributed by atoms with E-state index < -0.39 is 0 Å². The zero-order valence-corrected chi connectivity index (χ0v) is 12.8. The Balaban J connectivity index is 1.72. The first-order chi connectivity index (χ1) is 11.0. The van der Waals surface area contributed by atoms with Crippen LogP contribution in [0.15, 0.2) is 48.5 Å². The average molecular weight is 312 g/mol. The molecule has 0 aliphatic carbocycles. The van der Waals surface area contributed by atoms with Gasteiger partial charge in [0.15, 0.2) is 0 Å². The molecular weight excluding hydrogens is 295 g/mol. The lowest BCUT2D eigenvalue weighted by atomic mass is 9.97. The molecule has 2 amide bonds. The van der Waals surface area contributed by atoms with Gasteiger partial charge in [0.2, 0.25) is 11.8 Å². The molecule has 2 aromatic rings. The van der Waals surface area contributed by atoms with E-state index in [2.05, 4.69) is 5.32 Å². The number of benzene rings is 2. The van der Waals surface area contributed by atoms with Gasteiger partial charge in [0.1, 0.15) is 5.82 Å². The molecule has 0 fully saturated rings. The van der Waals surface area contributed by atoms with Crippen LogP contribution < -0.4 is 10.2 Å². The van der Waals surface area contributed by atoms with Gasteiger partial charge >= 0.3 is 0 Å². The molecule has 0 aromatic heterocycles. The molecule has 0 saturated carbocycles. The average Bonchev–Trinajstić information content (AvgIpc) is 2.89. The molecule has 23 heavy (non-hydrogen) atoms. The number of nitrogens with one attached hydrogen (secondary N) is 1. The second-order valence-electron chi connectivity index (χ2n) is 5.64. The van der Waals surface area contributed by atoms with Gasteiger partial charge in [-0.25, -0.2) is 4.39 Å². The maximum absolute atomic E-state index is 12.9. The van der Waals surface area contributed by atoms with Crippen LogP contribution in [0.1, 0.15) is 24.8 Å². The zero-order valence-electron chi connectivity index (χ0n) is 12.8. The molecule has 1 atom stereocenters. The summed E-state index contributed by atoms with van der Waals surface area (Å²) in [7, 11) is 0. The molecule has 1 aliphatic heterocycles. The van der Waals surface area contributed by atoms with Crippen molar-refractivity contribution in [1.82, 2.24) is 0 Å². The van der Waals surface area contributed by atoms with E-state index in [-0.39, 0.29) is 30.0 Å². The standard InChI is InChI=1S/C18H17FN2O2/c1-12(22)21-11-13(16-4-2-3-5-17(16)21)10-18(23)20-15-8-6-14(19)7-9-15/h2-9,13H,10-11H2,1H3,(H,20,23). The summed E-state index contributed by atoms with van der Waals surface area (Å²) in [6.07, 6.45) is 0.276. The Kier molecular flexibility index (Phi) is 4.10. The first-order valence-electron chi connectivity index (χ1n) is 7.47. The number of amides is 2. The predicted octanol–water partition coefficient (Wildman–Crippen LogP) is 3.30. The van der Waals surface area contributed by atoms with E-state index >= 15 is 0 Å². The molecule has 0 bridgehead atoms. The molecule has 3 rings (SSSR count). The number of rotatable bonds is 3. The molecule has 1 heterocycles. The highest BCUT2D eigenvalue weighted by molar-refractivity contribution is 5.96. The highest BCUT2D eigenvalue weighted by atomic mass is 19.1. The quantitative estimate of drug-likeness (QED) is 0.945. The maximum Gasteiger partial charge on any atom is 0.225 e. The van der Waals surface area contributed by atoms with Crippen molar-refractivity contribution in [3.8, 4) is 0 Å². The molecule has 0 saturated heterocycles. The number of carbonyl (C=O) groups is 2. The van der Waals surface area contributed by atoms with E-state index in [0.717, 1.165) is 11.3 Å². The van der Waals surface area contributed by atoms with Gasteiger partial charge in [-0.3, -0.25) is 9.59 Å². The van der Waals surface area contributed by atoms with Gasteiger partial charge in [-0.15, -0.1) is 0 Å². The van der Waals surface area contributed by atoms with Crippen LogP contribution in [0, 0.1) is 5.82 Å². The minimum atomic E-state index is -0.343. The first kappa shape index (κ1) is 15.2. The molecule has 2 aromatic carbocycles. The SMILES string of the molecule is CC(=O)N1CC(CC(=O)Nc2ccc(F)cc2)c2ccccc21. The Hall–Kier alpha value is -2.69. The Bertz CT molecular complexity index is 743. The second kappa shape index (κ2) is 6.20. The lowest BCUT2D eigenvalue weighted by molar-refractivity contribution is -0.118. The van der Waals surface area contributed by atoms with Crippen LogP contribution in [0.3, 0.4) is 0 Å². The van der Waals surface area contributed by atoms with Crippen molar-refractivity contribution in [3.63, 3.8) is 0 Å². The Morgan fingerprint density at radius 1 is 1.17 bits per heavy atom. The van der Waals surface area contributed by atoms with Crippen LogP contribution in [-0.2, 0) is 9.59 Å². The number of anilines is 2. The molecular formula is C18H17FN2O2. The number of halogens is 1. The molecule has 118 valence electrons. The molecule has 1 unspecified atom stereocenters. The van der Waals surface area contributed by atoms with E-state index in [1.807, 2.05) is 24.3 Å². The lowest BCUT2D eigenvalue weighted by Gasteiger charge is -2.15. The summed E-state index contributed by atoms with van der Waals surface area (Å²) in [4.78, 5) is 25.7. The van der Waals surface area contributed by atoms with Crippen molar-refractivity contribution >= 4 is 23.2 Å². The summed E-state index contributed by atoms with van der Waals surface area (Å²) in [6, 6.07) is 13.3. The summed E-state index contributed by atoms with van der Waals surface area (Å²) in [5.74, 6) is -0.555. The summed E-state index contributed by atoms with van der Waals surface area (Å²) in [5, 5.41) is 2.76. The highest BCUT2D eigenvalue weighted by Crippen LogP contribution is 2.38. The number of fused-ring (bicyclic) bond motifs is 1. The smallest absolute Gasteiger partial charge is 0.225 e. The van der Waals surface area contributed by atoms with Crippen LogP contribution in [0.2, 0.25) is 0 Å². The van der Waals surface area contributed by atoms with E-state index in [1.54, 1.807) is 4.90 Å². The number of hydrogen-bond acceptors (Lipinski definition) is 2. The Labute approximate surface area is 133 Å². The monoisotopic (exact) mass is 312 g/mol. The fourth-order valence-electron chi connectivity index (χ4n) is 2.94. The Morgan fingerprint density at radius 2 is 1.87 bits per heavy atom. The third-order valence-electron chi connectivity index (χ3n) is 4.01. The number of carbonyl (C=O) groups excluding carboxylic acids is 2. The van der Waals surface area contributed by atoms with Gasteiger partial charge in [0.05, 0.1) is 0 Å². The Morgan fingerprint density at radius 3 is 2.57 bits per heavy atom. The largest absolute Gasteiger partial charge is 0.326 e. The fourth-order valence-corrected chi connectivity index (χ4v) is 2.94. The van der Waals surface area contributed by atoms with Crippen LogP contribution in [0.25, 0.3) is 0 Å². The summed E-state index contributed by atoms with van der Waals surface area (Å²) < 4.78 is 12.9. The topological polar surface area (TPSA) is 49.4 Å². The summed E-state index contributed by atoms with van der Waals surface area (Å²) in [5.41, 5.74) is 2.45. The third kappa shape index (κ3) is 3.23. The normalized spacial score (nSPS) is 16.1. The number of nitrogens with zero attached hydrogens (tertiary/aromatic N) is 1. The van der Waals surface area contributed by atoms with E-state index in [0.29, 0.717) is 12.2 Å². The highest BCUT2D eigenvalue weighted by Gasteiger charge is 2.31. The van der Waals surface area contributed by atoms with Crippen molar-refractivity contribution in [2.75, 3.05) is 16.8 Å². The van der Waals surface area contributed by atoms with Crippen LogP contribution >= 0.6 is 0 Å². The van der Waals surface area contributed by atoms with E-state index in [4.69, 9.17) is 0 Å². The minimum absolute atomic E-state index is 0.0288. The van der Waals surface area contributed by atoms with Crippen LogP contribution in [0.5, 0.6) is 0 Å². The van der Waals surface area contributed by atoms with Gasteiger partial charge in [-0.1, -0.05) is 18.2 Å². The zero-order chi connectivity index (χ0) is 16.4. The second-order valence-corrected chi connectivity index (χ2v) is 5.64. The maximum atomic E-state index is 12.9. The van der Waals surface area contributed by atoms with Gasteiger partial charge < -0.3 is 10.2 Å². The molecule has 4 nitrogen and oxygen atoms in total. The van der Waals surface area contributed by atoms with E-state index in [9.17, 15) is 14.0 Å². The molecule has 1 aliphatic rings. The van der Waals surface area contributed by atoms with Crippen LogP contribution in [-0.4, -0.2) is 18.4 Å².